The van der Waals surface area contributed by atoms with Gasteiger partial charge in [0.15, 0.2) is 5.78 Å². The van der Waals surface area contributed by atoms with E-state index < -0.39 is 0 Å². The Bertz CT molecular complexity index is 844. The Hall–Kier alpha value is -1.68. The molecule has 0 atom stereocenters. The second kappa shape index (κ2) is 3.90. The van der Waals surface area contributed by atoms with Crippen molar-refractivity contribution >= 4 is 39.1 Å². The van der Waals surface area contributed by atoms with Gasteiger partial charge in [0.2, 0.25) is 0 Å². The standard InChI is InChI=1S/C17H9IO/c18-11-7-8-12-13-5-1-3-10-4-2-6-14(16(10)13)17(19)15(12)9-11/h1-9H. The summed E-state index contributed by atoms with van der Waals surface area (Å²) in [5.74, 6) is 0.137. The highest BCUT2D eigenvalue weighted by atomic mass is 127. The minimum atomic E-state index is 0.137. The van der Waals surface area contributed by atoms with Crippen LogP contribution in [0.5, 0.6) is 0 Å². The van der Waals surface area contributed by atoms with Gasteiger partial charge in [-0.25, -0.2) is 0 Å². The average molecular weight is 356 g/mol. The molecule has 90 valence electrons. The van der Waals surface area contributed by atoms with Crippen LogP contribution in [0.2, 0.25) is 0 Å². The number of ketones is 1. The molecule has 19 heavy (non-hydrogen) atoms. The maximum atomic E-state index is 12.6. The van der Waals surface area contributed by atoms with Crippen LogP contribution in [0, 0.1) is 3.57 Å². The summed E-state index contributed by atoms with van der Waals surface area (Å²) in [6, 6.07) is 18.3. The highest BCUT2D eigenvalue weighted by Gasteiger charge is 2.24. The van der Waals surface area contributed by atoms with Crippen LogP contribution in [0.4, 0.5) is 0 Å². The number of benzene rings is 3. The van der Waals surface area contributed by atoms with E-state index in [1.807, 2.05) is 18.2 Å². The lowest BCUT2D eigenvalue weighted by Crippen LogP contribution is -2.10. The van der Waals surface area contributed by atoms with Gasteiger partial charge in [-0.1, -0.05) is 42.5 Å². The summed E-state index contributed by atoms with van der Waals surface area (Å²) < 4.78 is 1.09. The predicted octanol–water partition coefficient (Wildman–Crippen LogP) is 4.66. The van der Waals surface area contributed by atoms with E-state index >= 15 is 0 Å². The molecule has 1 nitrogen and oxygen atoms in total. The third kappa shape index (κ3) is 1.49. The molecule has 0 unspecified atom stereocenters. The van der Waals surface area contributed by atoms with Crippen LogP contribution in [-0.4, -0.2) is 5.78 Å². The lowest BCUT2D eigenvalue weighted by atomic mass is 9.83. The van der Waals surface area contributed by atoms with E-state index in [-0.39, 0.29) is 5.78 Å². The van der Waals surface area contributed by atoms with Crippen molar-refractivity contribution in [1.29, 1.82) is 0 Å². The molecule has 0 amide bonds. The first-order chi connectivity index (χ1) is 9.25. The first-order valence-corrected chi connectivity index (χ1v) is 7.20. The second-order valence-corrected chi connectivity index (χ2v) is 5.97. The molecule has 3 aromatic rings. The minimum absolute atomic E-state index is 0.137. The highest BCUT2D eigenvalue weighted by molar-refractivity contribution is 14.1. The number of halogens is 1. The average Bonchev–Trinajstić information content (AvgIpc) is 2.44. The Kier molecular flexibility index (Phi) is 2.30. The molecular weight excluding hydrogens is 347 g/mol. The molecule has 0 aromatic heterocycles. The minimum Gasteiger partial charge on any atom is -0.289 e. The van der Waals surface area contributed by atoms with Gasteiger partial charge in [-0.3, -0.25) is 4.79 Å². The van der Waals surface area contributed by atoms with Gasteiger partial charge in [0.1, 0.15) is 0 Å². The van der Waals surface area contributed by atoms with E-state index in [1.54, 1.807) is 0 Å². The molecule has 1 aliphatic rings. The van der Waals surface area contributed by atoms with Gasteiger partial charge < -0.3 is 0 Å². The fourth-order valence-corrected chi connectivity index (χ4v) is 3.33. The van der Waals surface area contributed by atoms with Gasteiger partial charge in [0.05, 0.1) is 0 Å². The van der Waals surface area contributed by atoms with Crippen LogP contribution >= 0.6 is 22.6 Å². The highest BCUT2D eigenvalue weighted by Crippen LogP contribution is 2.39. The molecule has 1 aliphatic carbocycles. The first-order valence-electron chi connectivity index (χ1n) is 6.12. The van der Waals surface area contributed by atoms with Crippen LogP contribution in [0.3, 0.4) is 0 Å². The number of hydrogen-bond acceptors (Lipinski definition) is 1. The third-order valence-electron chi connectivity index (χ3n) is 3.67. The summed E-state index contributed by atoms with van der Waals surface area (Å²) >= 11 is 2.25. The molecule has 0 bridgehead atoms. The quantitative estimate of drug-likeness (QED) is 0.419. The van der Waals surface area contributed by atoms with Gasteiger partial charge in [-0.05, 0) is 51.2 Å². The van der Waals surface area contributed by atoms with E-state index in [0.29, 0.717) is 0 Å². The molecule has 0 saturated carbocycles. The van der Waals surface area contributed by atoms with Gasteiger partial charge in [-0.15, -0.1) is 0 Å². The Morgan fingerprint density at radius 2 is 1.47 bits per heavy atom. The Labute approximate surface area is 124 Å². The normalized spacial score (nSPS) is 12.6. The monoisotopic (exact) mass is 356 g/mol. The molecule has 3 aromatic carbocycles. The number of carbonyl (C=O) groups is 1. The molecule has 2 heteroatoms. The van der Waals surface area contributed by atoms with Gasteiger partial charge in [0.25, 0.3) is 0 Å². The van der Waals surface area contributed by atoms with Crippen molar-refractivity contribution in [3.63, 3.8) is 0 Å². The number of fused-ring (bicyclic) bond motifs is 2. The molecular formula is C17H9IO. The Morgan fingerprint density at radius 1 is 0.737 bits per heavy atom. The Morgan fingerprint density at radius 3 is 2.26 bits per heavy atom. The molecule has 0 heterocycles. The van der Waals surface area contributed by atoms with Crippen LogP contribution in [0.1, 0.15) is 15.9 Å². The lowest BCUT2D eigenvalue weighted by molar-refractivity contribution is 0.104. The predicted molar refractivity (Wildman–Crippen MR) is 85.5 cm³/mol. The van der Waals surface area contributed by atoms with Gasteiger partial charge in [0, 0.05) is 20.1 Å². The summed E-state index contributed by atoms with van der Waals surface area (Å²) in [5, 5.41) is 2.22. The van der Waals surface area contributed by atoms with E-state index in [4.69, 9.17) is 0 Å². The summed E-state index contributed by atoms with van der Waals surface area (Å²) in [4.78, 5) is 12.6. The van der Waals surface area contributed by atoms with Crippen LogP contribution < -0.4 is 0 Å². The first kappa shape index (κ1) is 11.2. The molecule has 0 spiro atoms. The fraction of sp³-hybridized carbons (Fsp3) is 0. The van der Waals surface area contributed by atoms with Crippen molar-refractivity contribution in [3.8, 4) is 11.1 Å². The zero-order chi connectivity index (χ0) is 13.0. The molecule has 0 aliphatic heterocycles. The Balaban J connectivity index is 2.24. The maximum Gasteiger partial charge on any atom is 0.194 e. The molecule has 0 saturated heterocycles. The summed E-state index contributed by atoms with van der Waals surface area (Å²) in [6.07, 6.45) is 0. The van der Waals surface area contributed by atoms with E-state index in [9.17, 15) is 4.79 Å². The summed E-state index contributed by atoms with van der Waals surface area (Å²) in [5.41, 5.74) is 3.86. The zero-order valence-electron chi connectivity index (χ0n) is 9.98. The number of carbonyl (C=O) groups excluding carboxylic acids is 1. The number of rotatable bonds is 0. The van der Waals surface area contributed by atoms with Crippen molar-refractivity contribution in [1.82, 2.24) is 0 Å². The number of hydrogen-bond donors (Lipinski definition) is 0. The van der Waals surface area contributed by atoms with Crippen molar-refractivity contribution < 1.29 is 4.79 Å². The largest absolute Gasteiger partial charge is 0.289 e. The molecule has 0 radical (unpaired) electrons. The lowest BCUT2D eigenvalue weighted by Gasteiger charge is -2.19. The van der Waals surface area contributed by atoms with Crippen LogP contribution in [-0.2, 0) is 0 Å². The molecule has 0 fully saturated rings. The second-order valence-electron chi connectivity index (χ2n) is 4.73. The van der Waals surface area contributed by atoms with Crippen molar-refractivity contribution in [2.45, 2.75) is 0 Å². The van der Waals surface area contributed by atoms with E-state index in [2.05, 4.69) is 59.0 Å². The van der Waals surface area contributed by atoms with Crippen LogP contribution in [0.15, 0.2) is 54.6 Å². The van der Waals surface area contributed by atoms with E-state index in [0.717, 1.165) is 31.0 Å². The smallest absolute Gasteiger partial charge is 0.194 e. The molecule has 0 N–H and O–H groups in total. The SMILES string of the molecule is O=C1c2cc(I)ccc2-c2cccc3cccc1c23. The summed E-state index contributed by atoms with van der Waals surface area (Å²) in [7, 11) is 0. The van der Waals surface area contributed by atoms with Gasteiger partial charge in [-0.2, -0.15) is 0 Å². The topological polar surface area (TPSA) is 17.1 Å². The fourth-order valence-electron chi connectivity index (χ4n) is 2.84. The maximum absolute atomic E-state index is 12.6. The van der Waals surface area contributed by atoms with Gasteiger partial charge >= 0.3 is 0 Å². The van der Waals surface area contributed by atoms with Crippen LogP contribution in [0.25, 0.3) is 21.9 Å². The zero-order valence-corrected chi connectivity index (χ0v) is 12.1. The third-order valence-corrected chi connectivity index (χ3v) is 4.34. The summed E-state index contributed by atoms with van der Waals surface area (Å²) in [6.45, 7) is 0. The van der Waals surface area contributed by atoms with Crippen molar-refractivity contribution in [2.75, 3.05) is 0 Å². The van der Waals surface area contributed by atoms with E-state index in [1.165, 1.54) is 5.56 Å². The van der Waals surface area contributed by atoms with Crippen molar-refractivity contribution in [3.05, 3.63) is 69.3 Å². The molecule has 4 rings (SSSR count). The van der Waals surface area contributed by atoms with Crippen molar-refractivity contribution in [2.24, 2.45) is 0 Å².